The van der Waals surface area contributed by atoms with Gasteiger partial charge in [0.2, 0.25) is 0 Å². The first-order chi connectivity index (χ1) is 11.6. The Bertz CT molecular complexity index is 687. The van der Waals surface area contributed by atoms with Gasteiger partial charge in [0.15, 0.2) is 5.11 Å². The molecule has 0 radical (unpaired) electrons. The van der Waals surface area contributed by atoms with E-state index in [0.29, 0.717) is 6.54 Å². The SMILES string of the molecule is Fc1ccc(CN2CCN(C(=S)NCc3ccco3)CC2)cc1Cl. The number of thiocarbonyl (C=S) groups is 1. The van der Waals surface area contributed by atoms with Crippen molar-refractivity contribution in [2.24, 2.45) is 0 Å². The van der Waals surface area contributed by atoms with Crippen molar-refractivity contribution in [3.05, 3.63) is 58.8 Å². The minimum absolute atomic E-state index is 0.175. The highest BCUT2D eigenvalue weighted by atomic mass is 35.5. The summed E-state index contributed by atoms with van der Waals surface area (Å²) in [6.45, 7) is 4.88. The van der Waals surface area contributed by atoms with Crippen LogP contribution in [0.25, 0.3) is 0 Å². The summed E-state index contributed by atoms with van der Waals surface area (Å²) in [6.07, 6.45) is 1.65. The second-order valence-corrected chi connectivity index (χ2v) is 6.54. The van der Waals surface area contributed by atoms with E-state index in [2.05, 4.69) is 15.1 Å². The molecule has 4 nitrogen and oxygen atoms in total. The summed E-state index contributed by atoms with van der Waals surface area (Å²) in [5.41, 5.74) is 1.02. The first kappa shape index (κ1) is 17.2. The smallest absolute Gasteiger partial charge is 0.169 e. The van der Waals surface area contributed by atoms with Crippen molar-refractivity contribution in [1.29, 1.82) is 0 Å². The van der Waals surface area contributed by atoms with Crippen LogP contribution in [-0.4, -0.2) is 41.1 Å². The summed E-state index contributed by atoms with van der Waals surface area (Å²) in [6, 6.07) is 8.67. The van der Waals surface area contributed by atoms with Gasteiger partial charge in [-0.15, -0.1) is 0 Å². The van der Waals surface area contributed by atoms with Crippen LogP contribution in [0.4, 0.5) is 4.39 Å². The van der Waals surface area contributed by atoms with Gasteiger partial charge in [0, 0.05) is 32.7 Å². The van der Waals surface area contributed by atoms with Crippen LogP contribution < -0.4 is 5.32 Å². The Morgan fingerprint density at radius 1 is 1.25 bits per heavy atom. The number of piperazine rings is 1. The topological polar surface area (TPSA) is 31.6 Å². The minimum atomic E-state index is -0.377. The van der Waals surface area contributed by atoms with E-state index in [1.807, 2.05) is 12.1 Å². The Kier molecular flexibility index (Phi) is 5.71. The molecule has 1 saturated heterocycles. The Balaban J connectivity index is 1.44. The van der Waals surface area contributed by atoms with Gasteiger partial charge >= 0.3 is 0 Å². The van der Waals surface area contributed by atoms with Gasteiger partial charge in [-0.05, 0) is 42.0 Å². The third-order valence-corrected chi connectivity index (χ3v) is 4.74. The zero-order valence-electron chi connectivity index (χ0n) is 13.2. The normalized spacial score (nSPS) is 15.5. The molecule has 7 heteroatoms. The number of rotatable bonds is 4. The van der Waals surface area contributed by atoms with Gasteiger partial charge in [-0.3, -0.25) is 4.90 Å². The van der Waals surface area contributed by atoms with Crippen molar-refractivity contribution in [3.8, 4) is 0 Å². The van der Waals surface area contributed by atoms with Crippen molar-refractivity contribution in [3.63, 3.8) is 0 Å². The van der Waals surface area contributed by atoms with Crippen LogP contribution in [0, 0.1) is 5.82 Å². The highest BCUT2D eigenvalue weighted by molar-refractivity contribution is 7.80. The molecule has 0 amide bonds. The van der Waals surface area contributed by atoms with Gasteiger partial charge in [-0.25, -0.2) is 4.39 Å². The molecule has 0 unspecified atom stereocenters. The number of nitrogens with zero attached hydrogens (tertiary/aromatic N) is 2. The van der Waals surface area contributed by atoms with E-state index in [1.54, 1.807) is 18.4 Å². The zero-order valence-corrected chi connectivity index (χ0v) is 14.7. The maximum absolute atomic E-state index is 13.2. The number of halogens is 2. The maximum atomic E-state index is 13.2. The molecule has 24 heavy (non-hydrogen) atoms. The molecule has 1 aromatic heterocycles. The maximum Gasteiger partial charge on any atom is 0.169 e. The molecule has 0 aliphatic carbocycles. The average molecular weight is 368 g/mol. The molecule has 2 heterocycles. The second kappa shape index (κ2) is 7.96. The van der Waals surface area contributed by atoms with Crippen molar-refractivity contribution < 1.29 is 8.81 Å². The average Bonchev–Trinajstić information content (AvgIpc) is 3.10. The monoisotopic (exact) mass is 367 g/mol. The summed E-state index contributed by atoms with van der Waals surface area (Å²) in [5, 5.41) is 4.14. The largest absolute Gasteiger partial charge is 0.467 e. The van der Waals surface area contributed by atoms with Crippen LogP contribution in [-0.2, 0) is 13.1 Å². The Morgan fingerprint density at radius 3 is 2.71 bits per heavy atom. The Morgan fingerprint density at radius 2 is 2.04 bits per heavy atom. The molecule has 3 rings (SSSR count). The van der Waals surface area contributed by atoms with Crippen molar-refractivity contribution in [1.82, 2.24) is 15.1 Å². The van der Waals surface area contributed by atoms with Crippen LogP contribution in [0.1, 0.15) is 11.3 Å². The van der Waals surface area contributed by atoms with E-state index in [9.17, 15) is 4.39 Å². The van der Waals surface area contributed by atoms with E-state index in [0.717, 1.165) is 49.2 Å². The summed E-state index contributed by atoms with van der Waals surface area (Å²) in [5.74, 6) is 0.488. The molecule has 1 aliphatic heterocycles. The molecular weight excluding hydrogens is 349 g/mol. The molecule has 1 fully saturated rings. The van der Waals surface area contributed by atoms with E-state index in [-0.39, 0.29) is 10.8 Å². The van der Waals surface area contributed by atoms with E-state index < -0.39 is 0 Å². The van der Waals surface area contributed by atoms with Gasteiger partial charge < -0.3 is 14.6 Å². The second-order valence-electron chi connectivity index (χ2n) is 5.75. The van der Waals surface area contributed by atoms with Gasteiger partial charge in [-0.1, -0.05) is 17.7 Å². The molecule has 1 aromatic carbocycles. The molecule has 1 N–H and O–H groups in total. The molecule has 1 aliphatic rings. The van der Waals surface area contributed by atoms with Gasteiger partial charge in [0.1, 0.15) is 11.6 Å². The summed E-state index contributed by atoms with van der Waals surface area (Å²) in [4.78, 5) is 4.47. The van der Waals surface area contributed by atoms with Gasteiger partial charge in [0.05, 0.1) is 17.8 Å². The molecule has 0 bridgehead atoms. The number of hydrogen-bond donors (Lipinski definition) is 1. The molecule has 0 atom stereocenters. The van der Waals surface area contributed by atoms with Crippen LogP contribution >= 0.6 is 23.8 Å². The van der Waals surface area contributed by atoms with E-state index in [4.69, 9.17) is 28.2 Å². The summed E-state index contributed by atoms with van der Waals surface area (Å²) in [7, 11) is 0. The fourth-order valence-corrected chi connectivity index (χ4v) is 3.15. The van der Waals surface area contributed by atoms with E-state index in [1.165, 1.54) is 6.07 Å². The highest BCUT2D eigenvalue weighted by Gasteiger charge is 2.19. The Hall–Kier alpha value is -1.63. The van der Waals surface area contributed by atoms with E-state index >= 15 is 0 Å². The highest BCUT2D eigenvalue weighted by Crippen LogP contribution is 2.18. The predicted molar refractivity (Wildman–Crippen MR) is 96.4 cm³/mol. The van der Waals surface area contributed by atoms with Crippen LogP contribution in [0.15, 0.2) is 41.0 Å². The third kappa shape index (κ3) is 4.47. The van der Waals surface area contributed by atoms with Crippen molar-refractivity contribution in [2.75, 3.05) is 26.2 Å². The summed E-state index contributed by atoms with van der Waals surface area (Å²) >= 11 is 11.3. The lowest BCUT2D eigenvalue weighted by molar-refractivity contribution is 0.174. The van der Waals surface area contributed by atoms with Crippen LogP contribution in [0.3, 0.4) is 0 Å². The first-order valence-corrected chi connectivity index (χ1v) is 8.62. The molecule has 0 saturated carbocycles. The van der Waals surface area contributed by atoms with Crippen LogP contribution in [0.5, 0.6) is 0 Å². The number of benzene rings is 1. The molecular formula is C17H19ClFN3OS. The summed E-state index contributed by atoms with van der Waals surface area (Å²) < 4.78 is 18.5. The third-order valence-electron chi connectivity index (χ3n) is 4.04. The molecule has 128 valence electrons. The van der Waals surface area contributed by atoms with Gasteiger partial charge in [0.25, 0.3) is 0 Å². The number of furan rings is 1. The number of nitrogens with one attached hydrogen (secondary N) is 1. The Labute approximate surface area is 151 Å². The molecule has 2 aromatic rings. The fraction of sp³-hybridized carbons (Fsp3) is 0.353. The fourth-order valence-electron chi connectivity index (χ4n) is 2.69. The van der Waals surface area contributed by atoms with Crippen molar-refractivity contribution in [2.45, 2.75) is 13.1 Å². The lowest BCUT2D eigenvalue weighted by Crippen LogP contribution is -2.51. The van der Waals surface area contributed by atoms with Crippen molar-refractivity contribution >= 4 is 28.9 Å². The number of hydrogen-bond acceptors (Lipinski definition) is 3. The molecule has 0 spiro atoms. The zero-order chi connectivity index (χ0) is 16.9. The lowest BCUT2D eigenvalue weighted by atomic mass is 10.2. The van der Waals surface area contributed by atoms with Crippen LogP contribution in [0.2, 0.25) is 5.02 Å². The quantitative estimate of drug-likeness (QED) is 0.838. The lowest BCUT2D eigenvalue weighted by Gasteiger charge is -2.36. The minimum Gasteiger partial charge on any atom is -0.467 e. The van der Waals surface area contributed by atoms with Gasteiger partial charge in [-0.2, -0.15) is 0 Å². The first-order valence-electron chi connectivity index (χ1n) is 7.83. The predicted octanol–water partition coefficient (Wildman–Crippen LogP) is 3.26. The standard InChI is InChI=1S/C17H19ClFN3OS/c18-15-10-13(3-4-16(15)19)12-21-5-7-22(8-6-21)17(24)20-11-14-2-1-9-23-14/h1-4,9-10H,5-8,11-12H2,(H,20,24).